The average Bonchev–Trinajstić information content (AvgIpc) is 2.78. The van der Waals surface area contributed by atoms with Crippen molar-refractivity contribution in [3.63, 3.8) is 0 Å². The van der Waals surface area contributed by atoms with Crippen LogP contribution in [0.4, 0.5) is 0 Å². The Morgan fingerprint density at radius 1 is 0.857 bits per heavy atom. The fourth-order valence-corrected chi connectivity index (χ4v) is 3.07. The minimum atomic E-state index is -1.57. The molecule has 4 amide bonds. The van der Waals surface area contributed by atoms with Gasteiger partial charge in [-0.2, -0.15) is 0 Å². The van der Waals surface area contributed by atoms with E-state index in [-0.39, 0.29) is 19.3 Å². The number of carbonyl (C=O) groups is 6. The zero-order valence-corrected chi connectivity index (χ0v) is 20.1. The van der Waals surface area contributed by atoms with E-state index in [1.165, 1.54) is 0 Å². The van der Waals surface area contributed by atoms with Gasteiger partial charge in [0.25, 0.3) is 0 Å². The molecule has 0 spiro atoms. The van der Waals surface area contributed by atoms with Crippen molar-refractivity contribution in [3.8, 4) is 0 Å². The van der Waals surface area contributed by atoms with Crippen LogP contribution in [-0.4, -0.2) is 76.5 Å². The number of carboxylic acids is 2. The van der Waals surface area contributed by atoms with Crippen molar-refractivity contribution in [1.29, 1.82) is 0 Å². The number of carboxylic acid groups (broad SMARTS) is 2. The molecule has 0 aliphatic carbocycles. The van der Waals surface area contributed by atoms with Crippen LogP contribution < -0.4 is 33.2 Å². The monoisotopic (exact) mass is 502 g/mol. The topological polar surface area (TPSA) is 257 Å². The van der Waals surface area contributed by atoms with E-state index in [0.717, 1.165) is 0 Å². The number of amides is 4. The summed E-state index contributed by atoms with van der Waals surface area (Å²) in [7, 11) is 0. The highest BCUT2D eigenvalue weighted by Crippen LogP contribution is 2.11. The van der Waals surface area contributed by atoms with Gasteiger partial charge in [-0.25, -0.2) is 4.79 Å². The molecule has 14 nitrogen and oxygen atoms in total. The molecule has 200 valence electrons. The number of hydrogen-bond acceptors (Lipinski definition) is 8. The van der Waals surface area contributed by atoms with E-state index in [9.17, 15) is 33.9 Å². The Morgan fingerprint density at radius 3 is 1.94 bits per heavy atom. The lowest BCUT2D eigenvalue weighted by Gasteiger charge is -2.28. The van der Waals surface area contributed by atoms with Crippen molar-refractivity contribution < 1.29 is 39.0 Å². The van der Waals surface area contributed by atoms with Crippen molar-refractivity contribution in [2.75, 3.05) is 6.54 Å². The highest BCUT2D eigenvalue weighted by atomic mass is 16.4. The number of primary amides is 1. The van der Waals surface area contributed by atoms with Gasteiger partial charge in [0, 0.05) is 6.42 Å². The first-order valence-electron chi connectivity index (χ1n) is 11.4. The molecule has 5 unspecified atom stereocenters. The fourth-order valence-electron chi connectivity index (χ4n) is 3.07. The Morgan fingerprint density at radius 2 is 1.46 bits per heavy atom. The number of unbranched alkanes of at least 4 members (excludes halogenated alkanes) is 1. The van der Waals surface area contributed by atoms with Crippen LogP contribution in [0.5, 0.6) is 0 Å². The Bertz CT molecular complexity index is 762. The molecule has 0 rings (SSSR count). The lowest BCUT2D eigenvalue weighted by Crippen LogP contribution is -2.58. The lowest BCUT2D eigenvalue weighted by atomic mass is 9.96. The molecule has 0 heterocycles. The first-order valence-corrected chi connectivity index (χ1v) is 11.4. The van der Waals surface area contributed by atoms with Gasteiger partial charge in [0.05, 0.1) is 12.5 Å². The van der Waals surface area contributed by atoms with Crippen LogP contribution >= 0.6 is 0 Å². The van der Waals surface area contributed by atoms with Crippen molar-refractivity contribution in [2.24, 2.45) is 23.1 Å². The summed E-state index contributed by atoms with van der Waals surface area (Å²) in [6.45, 7) is 3.78. The zero-order valence-electron chi connectivity index (χ0n) is 20.1. The maximum atomic E-state index is 13.0. The van der Waals surface area contributed by atoms with Gasteiger partial charge in [-0.05, 0) is 38.1 Å². The molecule has 0 saturated carbocycles. The summed E-state index contributed by atoms with van der Waals surface area (Å²) in [5.74, 6) is -6.20. The van der Waals surface area contributed by atoms with Crippen molar-refractivity contribution in [3.05, 3.63) is 0 Å². The molecule has 35 heavy (non-hydrogen) atoms. The molecule has 0 bridgehead atoms. The first kappa shape index (κ1) is 31.7. The van der Waals surface area contributed by atoms with Gasteiger partial charge in [0.2, 0.25) is 23.6 Å². The molecule has 5 atom stereocenters. The van der Waals surface area contributed by atoms with Crippen molar-refractivity contribution in [2.45, 2.75) is 83.0 Å². The predicted molar refractivity (Wildman–Crippen MR) is 124 cm³/mol. The molecule has 14 heteroatoms. The van der Waals surface area contributed by atoms with E-state index in [2.05, 4.69) is 16.0 Å². The Labute approximate surface area is 203 Å². The Balaban J connectivity index is 5.56. The largest absolute Gasteiger partial charge is 0.481 e. The van der Waals surface area contributed by atoms with Gasteiger partial charge in [0.15, 0.2) is 0 Å². The minimum Gasteiger partial charge on any atom is -0.481 e. The molecular weight excluding hydrogens is 464 g/mol. The second-order valence-electron chi connectivity index (χ2n) is 8.33. The van der Waals surface area contributed by atoms with Crippen LogP contribution in [0, 0.1) is 5.92 Å². The van der Waals surface area contributed by atoms with E-state index < -0.39 is 72.1 Å². The summed E-state index contributed by atoms with van der Waals surface area (Å²) < 4.78 is 0. The summed E-state index contributed by atoms with van der Waals surface area (Å²) >= 11 is 0. The second kappa shape index (κ2) is 16.4. The number of hydrogen-bond donors (Lipinski definition) is 8. The smallest absolute Gasteiger partial charge is 0.326 e. The van der Waals surface area contributed by atoms with E-state index in [0.29, 0.717) is 25.8 Å². The summed E-state index contributed by atoms with van der Waals surface area (Å²) in [6.07, 6.45) is 0.559. The van der Waals surface area contributed by atoms with Gasteiger partial charge < -0.3 is 43.4 Å². The molecule has 0 aromatic heterocycles. The number of nitrogens with two attached hydrogens (primary N) is 3. The number of carbonyl (C=O) groups excluding carboxylic acids is 4. The second-order valence-corrected chi connectivity index (χ2v) is 8.33. The quantitative estimate of drug-likeness (QED) is 0.0935. The summed E-state index contributed by atoms with van der Waals surface area (Å²) in [6, 6.07) is -4.99. The maximum absolute atomic E-state index is 13.0. The normalized spacial score (nSPS) is 15.1. The highest BCUT2D eigenvalue weighted by Gasteiger charge is 2.33. The number of aliphatic carboxylic acids is 2. The molecule has 0 fully saturated rings. The third-order valence-electron chi connectivity index (χ3n) is 5.40. The van der Waals surface area contributed by atoms with Crippen LogP contribution in [-0.2, 0) is 28.8 Å². The van der Waals surface area contributed by atoms with Gasteiger partial charge in [0.1, 0.15) is 18.1 Å². The molecule has 0 saturated heterocycles. The SMILES string of the molecule is CCC(C)C(NC(=O)C(CCCCN)NC(=O)C(N)CCC(=O)O)C(=O)NC(CC(N)=O)C(=O)O. The van der Waals surface area contributed by atoms with E-state index >= 15 is 0 Å². The van der Waals surface area contributed by atoms with Crippen molar-refractivity contribution in [1.82, 2.24) is 16.0 Å². The van der Waals surface area contributed by atoms with Crippen LogP contribution in [0.3, 0.4) is 0 Å². The third-order valence-corrected chi connectivity index (χ3v) is 5.40. The molecule has 0 aromatic carbocycles. The van der Waals surface area contributed by atoms with Crippen LogP contribution in [0.15, 0.2) is 0 Å². The van der Waals surface area contributed by atoms with Crippen LogP contribution in [0.25, 0.3) is 0 Å². The first-order chi connectivity index (χ1) is 16.3. The fraction of sp³-hybridized carbons (Fsp3) is 0.714. The molecule has 0 aromatic rings. The van der Waals surface area contributed by atoms with Gasteiger partial charge >= 0.3 is 11.9 Å². The minimum absolute atomic E-state index is 0.132. The van der Waals surface area contributed by atoms with Crippen LogP contribution in [0.1, 0.15) is 58.8 Å². The summed E-state index contributed by atoms with van der Waals surface area (Å²) in [5, 5.41) is 25.3. The molecule has 0 aliphatic rings. The summed E-state index contributed by atoms with van der Waals surface area (Å²) in [4.78, 5) is 71.5. The lowest BCUT2D eigenvalue weighted by molar-refractivity contribution is -0.144. The Kier molecular flexibility index (Phi) is 14.9. The molecular formula is C21H38N6O8. The van der Waals surface area contributed by atoms with Gasteiger partial charge in [-0.3, -0.25) is 24.0 Å². The highest BCUT2D eigenvalue weighted by molar-refractivity contribution is 5.95. The third kappa shape index (κ3) is 12.7. The predicted octanol–water partition coefficient (Wildman–Crippen LogP) is -2.23. The van der Waals surface area contributed by atoms with Gasteiger partial charge in [-0.15, -0.1) is 0 Å². The van der Waals surface area contributed by atoms with Crippen LogP contribution in [0.2, 0.25) is 0 Å². The van der Waals surface area contributed by atoms with E-state index in [1.807, 2.05) is 0 Å². The standard InChI is InChI=1S/C21H38N6O8/c1-3-11(2)17(20(33)26-14(21(34)35)10-15(24)28)27-19(32)13(6-4-5-9-22)25-18(31)12(23)7-8-16(29)30/h11-14,17H,3-10,22-23H2,1-2H3,(H2,24,28)(H,25,31)(H,26,33)(H,27,32)(H,29,30)(H,34,35). The van der Waals surface area contributed by atoms with Gasteiger partial charge in [-0.1, -0.05) is 20.3 Å². The number of rotatable bonds is 18. The zero-order chi connectivity index (χ0) is 27.1. The molecule has 0 radical (unpaired) electrons. The molecule has 0 aliphatic heterocycles. The molecule has 11 N–H and O–H groups in total. The number of nitrogens with one attached hydrogen (secondary N) is 3. The van der Waals surface area contributed by atoms with Crippen molar-refractivity contribution >= 4 is 35.6 Å². The Hall–Kier alpha value is -3.26. The average molecular weight is 503 g/mol. The van der Waals surface area contributed by atoms with E-state index in [1.54, 1.807) is 13.8 Å². The maximum Gasteiger partial charge on any atom is 0.326 e. The van der Waals surface area contributed by atoms with E-state index in [4.69, 9.17) is 22.3 Å². The summed E-state index contributed by atoms with van der Waals surface area (Å²) in [5.41, 5.74) is 16.3.